The number of benzene rings is 1. The Morgan fingerprint density at radius 1 is 1.08 bits per heavy atom. The van der Waals surface area contributed by atoms with Gasteiger partial charge in [0.25, 0.3) is 0 Å². The van der Waals surface area contributed by atoms with Crippen molar-refractivity contribution in [2.24, 2.45) is 0 Å². The van der Waals surface area contributed by atoms with E-state index in [1.165, 1.54) is 6.20 Å². The van der Waals surface area contributed by atoms with E-state index < -0.39 is 23.1 Å². The standard InChI is InChI=1S/C26H25F4N7O/c1-3-4-16-11-18(26(28,29)30)22(19(27)12-16)25-32-14-20-24(33-25)23(35-34-20)17-5-6-21(31-13-17)37-9-7-36(8-10-37)15(2)38/h5-6,11-14H,3-4,7-10H2,1-2H3,(H,34,35). The molecule has 0 spiro atoms. The van der Waals surface area contributed by atoms with Crippen molar-refractivity contribution in [3.63, 3.8) is 0 Å². The fourth-order valence-electron chi connectivity index (χ4n) is 4.65. The Labute approximate surface area is 215 Å². The summed E-state index contributed by atoms with van der Waals surface area (Å²) < 4.78 is 56.8. The van der Waals surface area contributed by atoms with Crippen LogP contribution in [0.15, 0.2) is 36.7 Å². The van der Waals surface area contributed by atoms with Crippen LogP contribution < -0.4 is 4.90 Å². The summed E-state index contributed by atoms with van der Waals surface area (Å²) in [4.78, 5) is 28.3. The molecule has 1 N–H and O–H groups in total. The summed E-state index contributed by atoms with van der Waals surface area (Å²) in [6, 6.07) is 5.68. The number of H-pyrrole nitrogens is 1. The molecule has 8 nitrogen and oxygen atoms in total. The maximum atomic E-state index is 15.0. The third-order valence-electron chi connectivity index (χ3n) is 6.59. The number of aryl methyl sites for hydroxylation is 1. The molecule has 0 atom stereocenters. The van der Waals surface area contributed by atoms with Crippen LogP contribution in [0.3, 0.4) is 0 Å². The molecule has 0 saturated carbocycles. The van der Waals surface area contributed by atoms with Crippen molar-refractivity contribution < 1.29 is 22.4 Å². The number of halogens is 4. The van der Waals surface area contributed by atoms with E-state index in [-0.39, 0.29) is 22.8 Å². The van der Waals surface area contributed by atoms with Gasteiger partial charge in [-0.25, -0.2) is 19.3 Å². The van der Waals surface area contributed by atoms with Crippen LogP contribution in [0.25, 0.3) is 33.7 Å². The number of aromatic nitrogens is 5. The van der Waals surface area contributed by atoms with Crippen molar-refractivity contribution in [1.29, 1.82) is 0 Å². The Hall–Kier alpha value is -4.09. The monoisotopic (exact) mass is 527 g/mol. The number of hydrogen-bond acceptors (Lipinski definition) is 6. The first-order chi connectivity index (χ1) is 18.2. The number of carbonyl (C=O) groups is 1. The molecule has 0 aliphatic carbocycles. The molecule has 38 heavy (non-hydrogen) atoms. The van der Waals surface area contributed by atoms with Crippen LogP contribution >= 0.6 is 0 Å². The number of piperazine rings is 1. The summed E-state index contributed by atoms with van der Waals surface area (Å²) in [6.45, 7) is 5.88. The fourth-order valence-corrected chi connectivity index (χ4v) is 4.65. The van der Waals surface area contributed by atoms with Crippen molar-refractivity contribution in [3.8, 4) is 22.6 Å². The van der Waals surface area contributed by atoms with Crippen LogP contribution in [0.5, 0.6) is 0 Å². The number of fused-ring (bicyclic) bond motifs is 1. The van der Waals surface area contributed by atoms with Crippen molar-refractivity contribution in [1.82, 2.24) is 30.0 Å². The Morgan fingerprint density at radius 2 is 1.84 bits per heavy atom. The number of pyridine rings is 1. The van der Waals surface area contributed by atoms with E-state index in [9.17, 15) is 18.0 Å². The molecule has 1 aromatic carbocycles. The number of alkyl halides is 3. The minimum absolute atomic E-state index is 0.0406. The number of nitrogens with one attached hydrogen (secondary N) is 1. The molecule has 3 aromatic heterocycles. The molecule has 1 saturated heterocycles. The first-order valence-corrected chi connectivity index (χ1v) is 12.2. The van der Waals surface area contributed by atoms with Gasteiger partial charge in [0.2, 0.25) is 5.91 Å². The molecule has 4 aromatic rings. The van der Waals surface area contributed by atoms with E-state index in [4.69, 9.17) is 0 Å². The average Bonchev–Trinajstić information content (AvgIpc) is 3.31. The van der Waals surface area contributed by atoms with Crippen LogP contribution in [0.1, 0.15) is 31.4 Å². The predicted octanol–water partition coefficient (Wildman–Crippen LogP) is 4.86. The lowest BCUT2D eigenvalue weighted by atomic mass is 9.99. The molecule has 12 heteroatoms. The molecule has 0 radical (unpaired) electrons. The maximum Gasteiger partial charge on any atom is 0.417 e. The fraction of sp³-hybridized carbons (Fsp3) is 0.346. The van der Waals surface area contributed by atoms with Crippen LogP contribution in [0.2, 0.25) is 0 Å². The van der Waals surface area contributed by atoms with Gasteiger partial charge in [-0.1, -0.05) is 13.3 Å². The van der Waals surface area contributed by atoms with E-state index in [0.29, 0.717) is 55.8 Å². The zero-order valence-corrected chi connectivity index (χ0v) is 20.8. The second kappa shape index (κ2) is 9.99. The molecule has 1 aliphatic heterocycles. The third kappa shape index (κ3) is 4.90. The number of rotatable bonds is 5. The molecule has 1 aliphatic rings. The van der Waals surface area contributed by atoms with Crippen molar-refractivity contribution in [2.45, 2.75) is 32.9 Å². The van der Waals surface area contributed by atoms with Gasteiger partial charge in [0.05, 0.1) is 17.3 Å². The van der Waals surface area contributed by atoms with Crippen LogP contribution in [-0.4, -0.2) is 62.1 Å². The largest absolute Gasteiger partial charge is 0.417 e. The van der Waals surface area contributed by atoms with E-state index in [1.807, 2.05) is 13.0 Å². The highest BCUT2D eigenvalue weighted by molar-refractivity contribution is 5.90. The first kappa shape index (κ1) is 25.6. The van der Waals surface area contributed by atoms with E-state index in [0.717, 1.165) is 18.0 Å². The highest BCUT2D eigenvalue weighted by Gasteiger charge is 2.36. The molecule has 1 amide bonds. The Balaban J connectivity index is 1.49. The van der Waals surface area contributed by atoms with Gasteiger partial charge in [-0.15, -0.1) is 0 Å². The highest BCUT2D eigenvalue weighted by Crippen LogP contribution is 2.39. The zero-order valence-electron chi connectivity index (χ0n) is 20.8. The summed E-state index contributed by atoms with van der Waals surface area (Å²) in [5.41, 5.74) is 0.0582. The average molecular weight is 528 g/mol. The van der Waals surface area contributed by atoms with Gasteiger partial charge >= 0.3 is 6.18 Å². The number of aromatic amines is 1. The summed E-state index contributed by atoms with van der Waals surface area (Å²) >= 11 is 0. The lowest BCUT2D eigenvalue weighted by Gasteiger charge is -2.34. The smallest absolute Gasteiger partial charge is 0.353 e. The maximum absolute atomic E-state index is 15.0. The normalized spacial score (nSPS) is 14.4. The summed E-state index contributed by atoms with van der Waals surface area (Å²) in [5.74, 6) is -0.625. The number of amides is 1. The minimum atomic E-state index is -4.78. The molecule has 0 unspecified atom stereocenters. The molecule has 1 fully saturated rings. The Bertz CT molecular complexity index is 1480. The van der Waals surface area contributed by atoms with Gasteiger partial charge in [-0.2, -0.15) is 18.3 Å². The molecular formula is C26H25F4N7O. The summed E-state index contributed by atoms with van der Waals surface area (Å²) in [5, 5.41) is 7.04. The first-order valence-electron chi connectivity index (χ1n) is 12.2. The van der Waals surface area contributed by atoms with Crippen molar-refractivity contribution >= 4 is 22.8 Å². The summed E-state index contributed by atoms with van der Waals surface area (Å²) in [6.07, 6.45) is -0.984. The van der Waals surface area contributed by atoms with Crippen molar-refractivity contribution in [2.75, 3.05) is 31.1 Å². The molecule has 0 bridgehead atoms. The molecule has 198 valence electrons. The van der Waals surface area contributed by atoms with Gasteiger partial charge in [-0.05, 0) is 36.2 Å². The SMILES string of the molecule is CCCc1cc(F)c(-c2ncc3[nH]nc(-c4ccc(N5CCN(C(C)=O)CC5)nc4)c3n2)c(C(F)(F)F)c1. The third-order valence-corrected chi connectivity index (χ3v) is 6.59. The second-order valence-electron chi connectivity index (χ2n) is 9.17. The second-order valence-corrected chi connectivity index (χ2v) is 9.17. The lowest BCUT2D eigenvalue weighted by molar-refractivity contribution is -0.137. The van der Waals surface area contributed by atoms with Crippen LogP contribution in [0.4, 0.5) is 23.4 Å². The van der Waals surface area contributed by atoms with Crippen LogP contribution in [-0.2, 0) is 17.4 Å². The topological polar surface area (TPSA) is 90.9 Å². The quantitative estimate of drug-likeness (QED) is 0.373. The lowest BCUT2D eigenvalue weighted by Crippen LogP contribution is -2.48. The van der Waals surface area contributed by atoms with E-state index in [1.54, 1.807) is 24.1 Å². The highest BCUT2D eigenvalue weighted by atomic mass is 19.4. The Kier molecular flexibility index (Phi) is 6.72. The van der Waals surface area contributed by atoms with Crippen molar-refractivity contribution in [3.05, 3.63) is 53.6 Å². The predicted molar refractivity (Wildman–Crippen MR) is 134 cm³/mol. The van der Waals surface area contributed by atoms with Gasteiger partial charge in [0.15, 0.2) is 5.82 Å². The number of carbonyl (C=O) groups excluding carboxylic acids is 1. The van der Waals surface area contributed by atoms with Gasteiger partial charge in [0.1, 0.15) is 28.4 Å². The molecule has 4 heterocycles. The number of anilines is 1. The summed E-state index contributed by atoms with van der Waals surface area (Å²) in [7, 11) is 0. The van der Waals surface area contributed by atoms with E-state index >= 15 is 4.39 Å². The number of nitrogens with zero attached hydrogens (tertiary/aromatic N) is 6. The molecule has 5 rings (SSSR count). The van der Waals surface area contributed by atoms with Gasteiger partial charge in [0, 0.05) is 44.9 Å². The zero-order chi connectivity index (χ0) is 27.0. The van der Waals surface area contributed by atoms with Crippen LogP contribution in [0, 0.1) is 5.82 Å². The molecular weight excluding hydrogens is 502 g/mol. The number of hydrogen-bond donors (Lipinski definition) is 1. The van der Waals surface area contributed by atoms with E-state index in [2.05, 4.69) is 30.0 Å². The van der Waals surface area contributed by atoms with Gasteiger partial charge < -0.3 is 9.80 Å². The Morgan fingerprint density at radius 3 is 2.47 bits per heavy atom. The minimum Gasteiger partial charge on any atom is -0.353 e. The van der Waals surface area contributed by atoms with Gasteiger partial charge in [-0.3, -0.25) is 9.89 Å².